The third-order valence-electron chi connectivity index (χ3n) is 4.35. The van der Waals surface area contributed by atoms with Gasteiger partial charge in [0.15, 0.2) is 0 Å². The summed E-state index contributed by atoms with van der Waals surface area (Å²) in [6.07, 6.45) is 3.26. The Hall–Kier alpha value is -3.48. The quantitative estimate of drug-likeness (QED) is 0.742. The van der Waals surface area contributed by atoms with Crippen LogP contribution in [0.2, 0.25) is 0 Å². The Morgan fingerprint density at radius 3 is 2.73 bits per heavy atom. The molecule has 0 saturated carbocycles. The van der Waals surface area contributed by atoms with Crippen molar-refractivity contribution in [3.05, 3.63) is 72.3 Å². The third kappa shape index (κ3) is 3.32. The molecule has 7 heteroatoms. The number of carbonyl (C=O) groups excluding carboxylic acids is 2. The number of benzene rings is 2. The first-order chi connectivity index (χ1) is 12.7. The smallest absolute Gasteiger partial charge is 0.232 e. The fourth-order valence-electron chi connectivity index (χ4n) is 3.07. The van der Waals surface area contributed by atoms with Crippen LogP contribution in [0.1, 0.15) is 23.5 Å². The van der Waals surface area contributed by atoms with Crippen LogP contribution in [-0.2, 0) is 16.1 Å². The number of hydrogen-bond acceptors (Lipinski definition) is 4. The summed E-state index contributed by atoms with van der Waals surface area (Å²) in [5.41, 5.74) is 3.41. The van der Waals surface area contributed by atoms with E-state index in [9.17, 15) is 9.59 Å². The lowest BCUT2D eigenvalue weighted by Gasteiger charge is -2.10. The Labute approximate surface area is 150 Å². The maximum Gasteiger partial charge on any atom is 0.232 e. The number of nitrogens with zero attached hydrogens (tertiary/aromatic N) is 3. The number of amides is 2. The molecule has 26 heavy (non-hydrogen) atoms. The van der Waals surface area contributed by atoms with E-state index in [0.717, 1.165) is 16.8 Å². The molecular weight excluding hydrogens is 330 g/mol. The number of hydrogen-bond donors (Lipinski definition) is 2. The highest BCUT2D eigenvalue weighted by Gasteiger charge is 2.31. The highest BCUT2D eigenvalue weighted by atomic mass is 16.2. The molecule has 2 heterocycles. The maximum absolute atomic E-state index is 12.4. The predicted octanol–water partition coefficient (Wildman–Crippen LogP) is 2.39. The molecule has 2 aromatic carbocycles. The molecule has 2 amide bonds. The van der Waals surface area contributed by atoms with Gasteiger partial charge in [-0.2, -0.15) is 5.10 Å². The average molecular weight is 347 g/mol. The van der Waals surface area contributed by atoms with Crippen molar-refractivity contribution in [2.24, 2.45) is 0 Å². The molecule has 1 aromatic heterocycles. The minimum atomic E-state index is -0.446. The molecule has 0 saturated heterocycles. The normalized spacial score (nSPS) is 15.4. The Morgan fingerprint density at radius 2 is 1.96 bits per heavy atom. The standard InChI is InChI=1S/C19H17N5O2/c25-18(9-16-15-3-1-2-4-17(15)23-19(16)26)22-14-7-5-13(6-8-14)10-24-12-20-11-21-24/h1-8,11-12,16H,9-10H2,(H,22,25)(H,23,26)/t16-/m0/s1. The monoisotopic (exact) mass is 347 g/mol. The SMILES string of the molecule is O=C(C[C@@H]1C(=O)Nc2ccccc21)Nc1ccc(Cn2cncn2)cc1. The molecule has 4 rings (SSSR count). The van der Waals surface area contributed by atoms with E-state index in [1.54, 1.807) is 11.0 Å². The molecule has 130 valence electrons. The summed E-state index contributed by atoms with van der Waals surface area (Å²) in [6.45, 7) is 0.618. The van der Waals surface area contributed by atoms with Crippen LogP contribution in [0.3, 0.4) is 0 Å². The molecule has 1 aliphatic rings. The first-order valence-corrected chi connectivity index (χ1v) is 8.30. The van der Waals surface area contributed by atoms with Gasteiger partial charge in [0.1, 0.15) is 12.7 Å². The van der Waals surface area contributed by atoms with Gasteiger partial charge < -0.3 is 10.6 Å². The summed E-state index contributed by atoms with van der Waals surface area (Å²) in [4.78, 5) is 28.4. The van der Waals surface area contributed by atoms with Gasteiger partial charge in [-0.1, -0.05) is 30.3 Å². The van der Waals surface area contributed by atoms with Crippen molar-refractivity contribution in [2.75, 3.05) is 10.6 Å². The largest absolute Gasteiger partial charge is 0.326 e. The molecule has 1 atom stereocenters. The Kier molecular flexibility index (Phi) is 4.18. The van der Waals surface area contributed by atoms with Crippen LogP contribution in [0.25, 0.3) is 0 Å². The number of nitrogens with one attached hydrogen (secondary N) is 2. The molecule has 2 N–H and O–H groups in total. The van der Waals surface area contributed by atoms with Crippen LogP contribution in [0.5, 0.6) is 0 Å². The summed E-state index contributed by atoms with van der Waals surface area (Å²) in [6, 6.07) is 15.0. The lowest BCUT2D eigenvalue weighted by atomic mass is 9.97. The van der Waals surface area contributed by atoms with E-state index in [2.05, 4.69) is 20.7 Å². The fourth-order valence-corrected chi connectivity index (χ4v) is 3.07. The molecular formula is C19H17N5O2. The van der Waals surface area contributed by atoms with Crippen LogP contribution in [-0.4, -0.2) is 26.6 Å². The van der Waals surface area contributed by atoms with Gasteiger partial charge in [0.2, 0.25) is 11.8 Å². The van der Waals surface area contributed by atoms with Crippen molar-refractivity contribution in [1.82, 2.24) is 14.8 Å². The summed E-state index contributed by atoms with van der Waals surface area (Å²) in [7, 11) is 0. The van der Waals surface area contributed by atoms with E-state index < -0.39 is 5.92 Å². The van der Waals surface area contributed by atoms with Crippen LogP contribution < -0.4 is 10.6 Å². The second-order valence-corrected chi connectivity index (χ2v) is 6.17. The summed E-state index contributed by atoms with van der Waals surface area (Å²) in [5, 5.41) is 9.73. The first-order valence-electron chi connectivity index (χ1n) is 8.30. The Bertz CT molecular complexity index is 935. The second kappa shape index (κ2) is 6.79. The van der Waals surface area contributed by atoms with Crippen molar-refractivity contribution in [2.45, 2.75) is 18.9 Å². The lowest BCUT2D eigenvalue weighted by Crippen LogP contribution is -2.20. The number of rotatable bonds is 5. The van der Waals surface area contributed by atoms with E-state index in [-0.39, 0.29) is 18.2 Å². The summed E-state index contributed by atoms with van der Waals surface area (Å²) < 4.78 is 1.73. The van der Waals surface area contributed by atoms with Gasteiger partial charge in [-0.05, 0) is 29.3 Å². The molecule has 0 radical (unpaired) electrons. The van der Waals surface area contributed by atoms with E-state index >= 15 is 0 Å². The molecule has 1 aliphatic heterocycles. The lowest BCUT2D eigenvalue weighted by molar-refractivity contribution is -0.122. The molecule has 0 spiro atoms. The van der Waals surface area contributed by atoms with Crippen molar-refractivity contribution in [3.63, 3.8) is 0 Å². The van der Waals surface area contributed by atoms with Crippen LogP contribution in [0.4, 0.5) is 11.4 Å². The van der Waals surface area contributed by atoms with Gasteiger partial charge in [-0.15, -0.1) is 0 Å². The topological polar surface area (TPSA) is 88.9 Å². The van der Waals surface area contributed by atoms with Crippen LogP contribution in [0.15, 0.2) is 61.2 Å². The minimum absolute atomic E-state index is 0.115. The number of para-hydroxylation sites is 1. The van der Waals surface area contributed by atoms with Gasteiger partial charge in [0.25, 0.3) is 0 Å². The van der Waals surface area contributed by atoms with Gasteiger partial charge in [0, 0.05) is 17.8 Å². The van der Waals surface area contributed by atoms with Crippen molar-refractivity contribution < 1.29 is 9.59 Å². The summed E-state index contributed by atoms with van der Waals surface area (Å²) >= 11 is 0. The fraction of sp³-hybridized carbons (Fsp3) is 0.158. The highest BCUT2D eigenvalue weighted by molar-refractivity contribution is 6.06. The Morgan fingerprint density at radius 1 is 1.15 bits per heavy atom. The van der Waals surface area contributed by atoms with Crippen molar-refractivity contribution >= 4 is 23.2 Å². The minimum Gasteiger partial charge on any atom is -0.326 e. The van der Waals surface area contributed by atoms with Gasteiger partial charge in [-0.25, -0.2) is 9.67 Å². The molecule has 3 aromatic rings. The van der Waals surface area contributed by atoms with E-state index in [1.165, 1.54) is 6.33 Å². The number of fused-ring (bicyclic) bond motifs is 1. The molecule has 0 bridgehead atoms. The van der Waals surface area contributed by atoms with E-state index in [1.807, 2.05) is 48.5 Å². The summed E-state index contributed by atoms with van der Waals surface area (Å²) in [5.74, 6) is -0.770. The first kappa shape index (κ1) is 16.0. The van der Waals surface area contributed by atoms with Gasteiger partial charge in [0.05, 0.1) is 12.5 Å². The molecule has 0 unspecified atom stereocenters. The van der Waals surface area contributed by atoms with E-state index in [4.69, 9.17) is 0 Å². The maximum atomic E-state index is 12.4. The van der Waals surface area contributed by atoms with Crippen LogP contribution >= 0.6 is 0 Å². The zero-order valence-corrected chi connectivity index (χ0v) is 13.9. The molecule has 7 nitrogen and oxygen atoms in total. The van der Waals surface area contributed by atoms with Crippen molar-refractivity contribution in [3.8, 4) is 0 Å². The zero-order chi connectivity index (χ0) is 17.9. The van der Waals surface area contributed by atoms with E-state index in [0.29, 0.717) is 12.2 Å². The van der Waals surface area contributed by atoms with Crippen LogP contribution in [0, 0.1) is 0 Å². The molecule has 0 aliphatic carbocycles. The Balaban J connectivity index is 1.38. The average Bonchev–Trinajstić information content (AvgIpc) is 3.25. The molecule has 0 fully saturated rings. The van der Waals surface area contributed by atoms with Crippen molar-refractivity contribution in [1.29, 1.82) is 0 Å². The second-order valence-electron chi connectivity index (χ2n) is 6.17. The zero-order valence-electron chi connectivity index (χ0n) is 13.9. The third-order valence-corrected chi connectivity index (χ3v) is 4.35. The number of carbonyl (C=O) groups is 2. The highest BCUT2D eigenvalue weighted by Crippen LogP contribution is 2.34. The predicted molar refractivity (Wildman–Crippen MR) is 96.6 cm³/mol. The van der Waals surface area contributed by atoms with Gasteiger partial charge in [-0.3, -0.25) is 9.59 Å². The number of aromatic nitrogens is 3. The van der Waals surface area contributed by atoms with Gasteiger partial charge >= 0.3 is 0 Å². The number of anilines is 2.